The zero-order chi connectivity index (χ0) is 10.1. The number of thiazole rings is 1. The molecule has 5 nitrogen and oxygen atoms in total. The van der Waals surface area contributed by atoms with Crippen LogP contribution in [0.15, 0.2) is 0 Å². The molecular weight excluding hydrogens is 237 g/mol. The van der Waals surface area contributed by atoms with Crippen LogP contribution in [-0.2, 0) is 9.47 Å². The van der Waals surface area contributed by atoms with Crippen molar-refractivity contribution >= 4 is 47.8 Å². The number of hydrogen-bond acceptors (Lipinski definition) is 5. The molecule has 1 aliphatic rings. The fraction of sp³-hybridized carbons (Fsp3) is 0.429. The average Bonchev–Trinajstić information content (AvgIpc) is 2.71. The molecular formula is C7H7ClLiNO4S. The van der Waals surface area contributed by atoms with Gasteiger partial charge in [0.2, 0.25) is 5.01 Å². The zero-order valence-electron chi connectivity index (χ0n) is 6.90. The van der Waals surface area contributed by atoms with Gasteiger partial charge in [0, 0.05) is 0 Å². The number of carbonyl (C=O) groups is 1. The summed E-state index contributed by atoms with van der Waals surface area (Å²) in [6.45, 7) is 0.975. The van der Waals surface area contributed by atoms with Gasteiger partial charge in [0.25, 0.3) is 0 Å². The first-order valence-corrected chi connectivity index (χ1v) is 5.00. The van der Waals surface area contributed by atoms with Gasteiger partial charge >= 0.3 is 24.8 Å². The van der Waals surface area contributed by atoms with Crippen LogP contribution in [0.3, 0.4) is 0 Å². The first kappa shape index (κ1) is 13.0. The second-order valence-electron chi connectivity index (χ2n) is 2.55. The molecule has 15 heavy (non-hydrogen) atoms. The molecule has 1 fully saturated rings. The molecule has 1 aliphatic heterocycles. The van der Waals surface area contributed by atoms with Gasteiger partial charge in [-0.25, -0.2) is 9.78 Å². The Morgan fingerprint density at radius 3 is 2.60 bits per heavy atom. The molecule has 1 saturated heterocycles. The van der Waals surface area contributed by atoms with Gasteiger partial charge in [-0.2, -0.15) is 0 Å². The quantitative estimate of drug-likeness (QED) is 0.782. The van der Waals surface area contributed by atoms with Crippen molar-refractivity contribution < 1.29 is 19.4 Å². The summed E-state index contributed by atoms with van der Waals surface area (Å²) in [6.07, 6.45) is -0.562. The number of carboxylic acids is 1. The number of ether oxygens (including phenoxy) is 2. The minimum atomic E-state index is -1.10. The van der Waals surface area contributed by atoms with Gasteiger partial charge in [-0.3, -0.25) is 0 Å². The Morgan fingerprint density at radius 1 is 1.53 bits per heavy atom. The van der Waals surface area contributed by atoms with Crippen LogP contribution in [0.1, 0.15) is 21.0 Å². The van der Waals surface area contributed by atoms with E-state index in [0.29, 0.717) is 18.1 Å². The van der Waals surface area contributed by atoms with Crippen molar-refractivity contribution in [2.45, 2.75) is 6.29 Å². The van der Waals surface area contributed by atoms with Crippen molar-refractivity contribution in [3.05, 3.63) is 15.0 Å². The third-order valence-corrected chi connectivity index (χ3v) is 3.09. The number of carboxylic acid groups (broad SMARTS) is 1. The molecule has 0 amide bonds. The maximum atomic E-state index is 10.6. The van der Waals surface area contributed by atoms with Gasteiger partial charge in [-0.15, -0.1) is 11.3 Å². The van der Waals surface area contributed by atoms with Crippen LogP contribution in [0.4, 0.5) is 0 Å². The third-order valence-electron chi connectivity index (χ3n) is 1.63. The summed E-state index contributed by atoms with van der Waals surface area (Å²) in [7, 11) is 0. The maximum absolute atomic E-state index is 10.6. The Morgan fingerprint density at radius 2 is 2.13 bits per heavy atom. The topological polar surface area (TPSA) is 68.7 Å². The summed E-state index contributed by atoms with van der Waals surface area (Å²) in [5.74, 6) is -1.10. The molecule has 0 aliphatic carbocycles. The van der Waals surface area contributed by atoms with E-state index in [0.717, 1.165) is 11.3 Å². The van der Waals surface area contributed by atoms with Crippen molar-refractivity contribution in [3.63, 3.8) is 0 Å². The fourth-order valence-corrected chi connectivity index (χ4v) is 2.19. The van der Waals surface area contributed by atoms with Crippen LogP contribution < -0.4 is 0 Å². The van der Waals surface area contributed by atoms with E-state index in [-0.39, 0.29) is 29.0 Å². The Labute approximate surface area is 107 Å². The van der Waals surface area contributed by atoms with Crippen LogP contribution in [0.2, 0.25) is 5.15 Å². The van der Waals surface area contributed by atoms with Crippen LogP contribution in [0.5, 0.6) is 0 Å². The number of halogens is 1. The Bertz CT molecular complexity index is 366. The molecule has 8 heteroatoms. The van der Waals surface area contributed by atoms with Gasteiger partial charge in [0.15, 0.2) is 6.29 Å². The van der Waals surface area contributed by atoms with E-state index in [4.69, 9.17) is 26.2 Å². The van der Waals surface area contributed by atoms with Crippen molar-refractivity contribution in [1.29, 1.82) is 0 Å². The van der Waals surface area contributed by atoms with E-state index in [1.54, 1.807) is 0 Å². The van der Waals surface area contributed by atoms with Crippen molar-refractivity contribution in [1.82, 2.24) is 4.98 Å². The standard InChI is InChI=1S/C7H6ClNO4S.Li.H/c8-4-3(7-12-1-2-13-7)14-5(9-4)6(10)11;;/h7H,1-2H2,(H,10,11);;. The van der Waals surface area contributed by atoms with Crippen molar-refractivity contribution in [2.75, 3.05) is 13.2 Å². The molecule has 0 bridgehead atoms. The van der Waals surface area contributed by atoms with Crippen LogP contribution in [0, 0.1) is 0 Å². The molecule has 0 aromatic carbocycles. The molecule has 1 N–H and O–H groups in total. The molecule has 0 saturated carbocycles. The fourth-order valence-electron chi connectivity index (χ4n) is 1.06. The minimum absolute atomic E-state index is 0. The average molecular weight is 244 g/mol. The Balaban J connectivity index is 0.00000112. The summed E-state index contributed by atoms with van der Waals surface area (Å²) >= 11 is 6.72. The summed E-state index contributed by atoms with van der Waals surface area (Å²) in [6, 6.07) is 0. The van der Waals surface area contributed by atoms with Gasteiger partial charge in [0.05, 0.1) is 13.2 Å². The number of aromatic nitrogens is 1. The molecule has 2 heterocycles. The summed E-state index contributed by atoms with van der Waals surface area (Å²) < 4.78 is 10.4. The molecule has 2 rings (SSSR count). The molecule has 0 spiro atoms. The predicted molar refractivity (Wildman–Crippen MR) is 55.9 cm³/mol. The second kappa shape index (κ2) is 5.30. The molecule has 0 radical (unpaired) electrons. The first-order chi connectivity index (χ1) is 6.68. The van der Waals surface area contributed by atoms with E-state index >= 15 is 0 Å². The number of rotatable bonds is 2. The van der Waals surface area contributed by atoms with Crippen LogP contribution >= 0.6 is 22.9 Å². The number of hydrogen-bond donors (Lipinski definition) is 1. The SMILES string of the molecule is O=C(O)c1nc(Cl)c(C2OCCO2)s1.[LiH]. The van der Waals surface area contributed by atoms with Crippen molar-refractivity contribution in [3.8, 4) is 0 Å². The Kier molecular flexibility index (Phi) is 4.58. The van der Waals surface area contributed by atoms with Crippen molar-refractivity contribution in [2.24, 2.45) is 0 Å². The molecule has 1 aromatic heterocycles. The van der Waals surface area contributed by atoms with Crippen LogP contribution in [-0.4, -0.2) is 48.1 Å². The normalized spacial score (nSPS) is 16.3. The van der Waals surface area contributed by atoms with E-state index in [9.17, 15) is 4.79 Å². The summed E-state index contributed by atoms with van der Waals surface area (Å²) in [4.78, 5) is 14.8. The molecule has 0 atom stereocenters. The third kappa shape index (κ3) is 2.72. The van der Waals surface area contributed by atoms with Gasteiger partial charge in [0.1, 0.15) is 10.0 Å². The summed E-state index contributed by atoms with van der Waals surface area (Å²) in [5.41, 5.74) is 0. The zero-order valence-corrected chi connectivity index (χ0v) is 8.47. The van der Waals surface area contributed by atoms with E-state index in [1.165, 1.54) is 0 Å². The summed E-state index contributed by atoms with van der Waals surface area (Å²) in [5, 5.41) is 8.76. The molecule has 0 unspecified atom stereocenters. The molecule has 78 valence electrons. The van der Waals surface area contributed by atoms with E-state index in [2.05, 4.69) is 4.98 Å². The van der Waals surface area contributed by atoms with Gasteiger partial charge in [-0.1, -0.05) is 11.6 Å². The van der Waals surface area contributed by atoms with Gasteiger partial charge < -0.3 is 14.6 Å². The van der Waals surface area contributed by atoms with E-state index < -0.39 is 12.3 Å². The van der Waals surface area contributed by atoms with Gasteiger partial charge in [-0.05, 0) is 0 Å². The monoisotopic (exact) mass is 243 g/mol. The predicted octanol–water partition coefficient (Wildman–Crippen LogP) is 0.892. The van der Waals surface area contributed by atoms with E-state index in [1.807, 2.05) is 0 Å². The first-order valence-electron chi connectivity index (χ1n) is 3.81. The number of aromatic carboxylic acids is 1. The second-order valence-corrected chi connectivity index (χ2v) is 3.94. The van der Waals surface area contributed by atoms with Crippen LogP contribution in [0.25, 0.3) is 0 Å². The molecule has 1 aromatic rings. The Hall–Kier alpha value is -0.0926. The number of nitrogens with zero attached hydrogens (tertiary/aromatic N) is 1.